The van der Waals surface area contributed by atoms with Gasteiger partial charge in [0.2, 0.25) is 0 Å². The standard InChI is InChI=1S/C18H25NO2/c1-19-14-8-10-17(19)15(9-11-18(20)21-2)16(12-14)13-6-4-3-5-7-13/h3-7,14-17H,8-12H2,1-2H3/t14-,15?,16?,17+/m0/s1. The topological polar surface area (TPSA) is 29.5 Å². The Bertz CT molecular complexity index is 487. The van der Waals surface area contributed by atoms with Gasteiger partial charge in [0.15, 0.2) is 0 Å². The van der Waals surface area contributed by atoms with Gasteiger partial charge in [0.25, 0.3) is 0 Å². The summed E-state index contributed by atoms with van der Waals surface area (Å²) in [5.41, 5.74) is 1.44. The number of fused-ring (bicyclic) bond motifs is 2. The Morgan fingerprint density at radius 3 is 2.76 bits per heavy atom. The van der Waals surface area contributed by atoms with Gasteiger partial charge < -0.3 is 9.64 Å². The van der Waals surface area contributed by atoms with Crippen LogP contribution >= 0.6 is 0 Å². The first-order valence-corrected chi connectivity index (χ1v) is 8.04. The lowest BCUT2D eigenvalue weighted by Gasteiger charge is -2.43. The lowest BCUT2D eigenvalue weighted by atomic mass is 9.74. The molecule has 3 heteroatoms. The van der Waals surface area contributed by atoms with Gasteiger partial charge >= 0.3 is 5.97 Å². The molecule has 2 heterocycles. The number of ether oxygens (including phenoxy) is 1. The number of rotatable bonds is 4. The average Bonchev–Trinajstić information content (AvgIpc) is 2.77. The molecule has 2 fully saturated rings. The minimum Gasteiger partial charge on any atom is -0.469 e. The molecule has 0 aliphatic carbocycles. The summed E-state index contributed by atoms with van der Waals surface area (Å²) >= 11 is 0. The van der Waals surface area contributed by atoms with Crippen molar-refractivity contribution in [2.45, 2.75) is 50.1 Å². The smallest absolute Gasteiger partial charge is 0.305 e. The van der Waals surface area contributed by atoms with Crippen LogP contribution in [-0.2, 0) is 9.53 Å². The highest BCUT2D eigenvalue weighted by Crippen LogP contribution is 2.47. The van der Waals surface area contributed by atoms with Crippen LogP contribution in [0.15, 0.2) is 30.3 Å². The number of carbonyl (C=O) groups excluding carboxylic acids is 1. The Balaban J connectivity index is 1.81. The van der Waals surface area contributed by atoms with Crippen LogP contribution in [0, 0.1) is 5.92 Å². The molecule has 0 saturated carbocycles. The first-order chi connectivity index (χ1) is 10.2. The normalized spacial score (nSPS) is 32.1. The van der Waals surface area contributed by atoms with Crippen LogP contribution in [0.25, 0.3) is 0 Å². The quantitative estimate of drug-likeness (QED) is 0.796. The average molecular weight is 287 g/mol. The maximum absolute atomic E-state index is 11.5. The Labute approximate surface area is 127 Å². The predicted octanol–water partition coefficient (Wildman–Crippen LogP) is 3.21. The van der Waals surface area contributed by atoms with Gasteiger partial charge in [-0.2, -0.15) is 0 Å². The van der Waals surface area contributed by atoms with Gasteiger partial charge in [0.1, 0.15) is 0 Å². The van der Waals surface area contributed by atoms with E-state index in [0.717, 1.165) is 12.5 Å². The number of carbonyl (C=O) groups is 1. The lowest BCUT2D eigenvalue weighted by Crippen LogP contribution is -2.45. The summed E-state index contributed by atoms with van der Waals surface area (Å²) in [5.74, 6) is 1.07. The van der Waals surface area contributed by atoms with Crippen molar-refractivity contribution in [3.8, 4) is 0 Å². The van der Waals surface area contributed by atoms with Crippen molar-refractivity contribution in [2.24, 2.45) is 5.92 Å². The zero-order valence-corrected chi connectivity index (χ0v) is 13.0. The Kier molecular flexibility index (Phi) is 4.29. The molecule has 0 spiro atoms. The van der Waals surface area contributed by atoms with Crippen molar-refractivity contribution in [1.82, 2.24) is 4.90 Å². The number of esters is 1. The number of benzene rings is 1. The highest BCUT2D eigenvalue weighted by Gasteiger charge is 2.45. The molecule has 1 aromatic rings. The molecule has 2 aliphatic rings. The van der Waals surface area contributed by atoms with Gasteiger partial charge in [-0.3, -0.25) is 4.79 Å². The van der Waals surface area contributed by atoms with Crippen LogP contribution in [0.5, 0.6) is 0 Å². The lowest BCUT2D eigenvalue weighted by molar-refractivity contribution is -0.141. The highest BCUT2D eigenvalue weighted by molar-refractivity contribution is 5.69. The molecule has 114 valence electrons. The molecular weight excluding hydrogens is 262 g/mol. The molecule has 3 rings (SSSR count). The van der Waals surface area contributed by atoms with Crippen molar-refractivity contribution in [3.63, 3.8) is 0 Å². The number of hydrogen-bond donors (Lipinski definition) is 0. The number of hydrogen-bond acceptors (Lipinski definition) is 3. The number of piperidine rings is 1. The van der Waals surface area contributed by atoms with E-state index < -0.39 is 0 Å². The van der Waals surface area contributed by atoms with Gasteiger partial charge in [-0.15, -0.1) is 0 Å². The van der Waals surface area contributed by atoms with Crippen molar-refractivity contribution >= 4 is 5.97 Å². The van der Waals surface area contributed by atoms with Crippen molar-refractivity contribution in [3.05, 3.63) is 35.9 Å². The van der Waals surface area contributed by atoms with Crippen LogP contribution in [0.4, 0.5) is 0 Å². The fraction of sp³-hybridized carbons (Fsp3) is 0.611. The Hall–Kier alpha value is -1.35. The van der Waals surface area contributed by atoms with Gasteiger partial charge in [-0.05, 0) is 50.1 Å². The van der Waals surface area contributed by atoms with E-state index in [0.29, 0.717) is 24.3 Å². The monoisotopic (exact) mass is 287 g/mol. The second kappa shape index (κ2) is 6.18. The molecule has 4 atom stereocenters. The van der Waals surface area contributed by atoms with Crippen LogP contribution < -0.4 is 0 Å². The van der Waals surface area contributed by atoms with Crippen molar-refractivity contribution in [2.75, 3.05) is 14.2 Å². The van der Waals surface area contributed by atoms with Gasteiger partial charge in [-0.1, -0.05) is 30.3 Å². The SMILES string of the molecule is COC(=O)CCC1C(c2ccccc2)C[C@@H]2CC[C@H]1N2C. The maximum atomic E-state index is 11.5. The number of nitrogens with zero attached hydrogens (tertiary/aromatic N) is 1. The van der Waals surface area contributed by atoms with Crippen LogP contribution in [0.3, 0.4) is 0 Å². The summed E-state index contributed by atoms with van der Waals surface area (Å²) in [6.45, 7) is 0. The van der Waals surface area contributed by atoms with Crippen molar-refractivity contribution in [1.29, 1.82) is 0 Å². The third-order valence-electron chi connectivity index (χ3n) is 5.57. The van der Waals surface area contributed by atoms with Gasteiger partial charge in [0, 0.05) is 18.5 Å². The first kappa shape index (κ1) is 14.6. The molecule has 3 nitrogen and oxygen atoms in total. The van der Waals surface area contributed by atoms with E-state index in [1.807, 2.05) is 0 Å². The molecule has 0 N–H and O–H groups in total. The van der Waals surface area contributed by atoms with Crippen LogP contribution in [0.1, 0.15) is 43.6 Å². The van der Waals surface area contributed by atoms with E-state index in [1.165, 1.54) is 31.9 Å². The molecule has 2 aliphatic heterocycles. The first-order valence-electron chi connectivity index (χ1n) is 8.04. The summed E-state index contributed by atoms with van der Waals surface area (Å²) < 4.78 is 4.84. The van der Waals surface area contributed by atoms with E-state index in [4.69, 9.17) is 4.74 Å². The van der Waals surface area contributed by atoms with E-state index >= 15 is 0 Å². The van der Waals surface area contributed by atoms with E-state index in [2.05, 4.69) is 42.3 Å². The van der Waals surface area contributed by atoms with E-state index in [1.54, 1.807) is 0 Å². The zero-order valence-electron chi connectivity index (χ0n) is 13.0. The minimum atomic E-state index is -0.0791. The molecule has 2 unspecified atom stereocenters. The van der Waals surface area contributed by atoms with Gasteiger partial charge in [-0.25, -0.2) is 0 Å². The van der Waals surface area contributed by atoms with Gasteiger partial charge in [0.05, 0.1) is 7.11 Å². The zero-order chi connectivity index (χ0) is 14.8. The second-order valence-corrected chi connectivity index (χ2v) is 6.50. The van der Waals surface area contributed by atoms with Crippen LogP contribution in [0.2, 0.25) is 0 Å². The molecule has 2 bridgehead atoms. The molecule has 2 saturated heterocycles. The number of methoxy groups -OCH3 is 1. The Morgan fingerprint density at radius 1 is 1.29 bits per heavy atom. The molecular formula is C18H25NO2. The third kappa shape index (κ3) is 2.84. The summed E-state index contributed by atoms with van der Waals surface area (Å²) in [4.78, 5) is 14.1. The predicted molar refractivity (Wildman–Crippen MR) is 83.1 cm³/mol. The van der Waals surface area contributed by atoms with Crippen LogP contribution in [-0.4, -0.2) is 37.1 Å². The summed E-state index contributed by atoms with van der Waals surface area (Å²) in [7, 11) is 3.74. The summed E-state index contributed by atoms with van der Waals surface area (Å²) in [6.07, 6.45) is 5.28. The molecule has 0 amide bonds. The third-order valence-corrected chi connectivity index (χ3v) is 5.57. The summed E-state index contributed by atoms with van der Waals surface area (Å²) in [5, 5.41) is 0. The molecule has 0 aromatic heterocycles. The largest absolute Gasteiger partial charge is 0.469 e. The Morgan fingerprint density at radius 2 is 2.05 bits per heavy atom. The molecule has 21 heavy (non-hydrogen) atoms. The molecule has 0 radical (unpaired) electrons. The highest BCUT2D eigenvalue weighted by atomic mass is 16.5. The van der Waals surface area contributed by atoms with Crippen molar-refractivity contribution < 1.29 is 9.53 Å². The second-order valence-electron chi connectivity index (χ2n) is 6.50. The fourth-order valence-electron chi connectivity index (χ4n) is 4.44. The fourth-order valence-corrected chi connectivity index (χ4v) is 4.44. The molecule has 1 aromatic carbocycles. The summed E-state index contributed by atoms with van der Waals surface area (Å²) in [6, 6.07) is 12.2. The van der Waals surface area contributed by atoms with E-state index in [9.17, 15) is 4.79 Å². The minimum absolute atomic E-state index is 0.0791. The van der Waals surface area contributed by atoms with E-state index in [-0.39, 0.29) is 5.97 Å². The maximum Gasteiger partial charge on any atom is 0.305 e.